The van der Waals surface area contributed by atoms with Gasteiger partial charge in [-0.05, 0) is 17.7 Å². The van der Waals surface area contributed by atoms with Crippen molar-refractivity contribution in [1.82, 2.24) is 15.2 Å². The molecule has 0 radical (unpaired) electrons. The first kappa shape index (κ1) is 15.1. The van der Waals surface area contributed by atoms with Gasteiger partial charge in [-0.15, -0.1) is 5.10 Å². The number of nitrogens with two attached hydrogens (primary N) is 1. The summed E-state index contributed by atoms with van der Waals surface area (Å²) in [6.07, 6.45) is 0. The van der Waals surface area contributed by atoms with Crippen molar-refractivity contribution in [1.29, 1.82) is 0 Å². The number of nitrogens with one attached hydrogen (secondary N) is 2. The molecule has 1 amide bonds. The molecule has 3 rings (SSSR count). The second-order valence-corrected chi connectivity index (χ2v) is 5.84. The molecule has 0 bridgehead atoms. The van der Waals surface area contributed by atoms with Crippen LogP contribution < -0.4 is 11.1 Å². The number of anilines is 2. The highest BCUT2D eigenvalue weighted by atomic mass is 32.2. The molecule has 1 aromatic heterocycles. The first-order valence-electron chi connectivity index (χ1n) is 6.98. The van der Waals surface area contributed by atoms with E-state index in [4.69, 9.17) is 5.73 Å². The molecular formula is C16H15N5OS. The average molecular weight is 325 g/mol. The molecule has 23 heavy (non-hydrogen) atoms. The number of carbonyl (C=O) groups excluding carboxylic acids is 1. The van der Waals surface area contributed by atoms with Gasteiger partial charge in [0.15, 0.2) is 0 Å². The van der Waals surface area contributed by atoms with E-state index in [1.165, 1.54) is 11.8 Å². The molecule has 0 saturated heterocycles. The molecule has 116 valence electrons. The number of para-hydroxylation sites is 1. The number of hydrogen-bond acceptors (Lipinski definition) is 5. The summed E-state index contributed by atoms with van der Waals surface area (Å²) < 4.78 is 0. The molecule has 0 aliphatic carbocycles. The Labute approximate surface area is 137 Å². The molecule has 0 aliphatic rings. The molecular weight excluding hydrogens is 310 g/mol. The molecule has 2 aromatic carbocycles. The maximum Gasteiger partial charge on any atom is 0.242 e. The molecule has 7 heteroatoms. The van der Waals surface area contributed by atoms with Gasteiger partial charge < -0.3 is 11.1 Å². The molecule has 3 aromatic rings. The minimum absolute atomic E-state index is 0.143. The molecule has 1 heterocycles. The van der Waals surface area contributed by atoms with E-state index in [1.54, 1.807) is 0 Å². The highest BCUT2D eigenvalue weighted by Gasteiger charge is 2.24. The van der Waals surface area contributed by atoms with Crippen molar-refractivity contribution in [3.63, 3.8) is 0 Å². The number of amides is 1. The van der Waals surface area contributed by atoms with Crippen molar-refractivity contribution in [2.24, 2.45) is 0 Å². The fraction of sp³-hybridized carbons (Fsp3) is 0.0625. The number of hydrogen-bond donors (Lipinski definition) is 3. The van der Waals surface area contributed by atoms with Crippen LogP contribution >= 0.6 is 11.8 Å². The fourth-order valence-corrected chi connectivity index (χ4v) is 2.97. The van der Waals surface area contributed by atoms with E-state index in [0.717, 1.165) is 11.3 Å². The monoisotopic (exact) mass is 325 g/mol. The van der Waals surface area contributed by atoms with Crippen molar-refractivity contribution in [3.8, 4) is 0 Å². The third-order valence-corrected chi connectivity index (χ3v) is 4.20. The Kier molecular flexibility index (Phi) is 4.58. The molecule has 1 unspecified atom stereocenters. The van der Waals surface area contributed by atoms with E-state index in [-0.39, 0.29) is 11.9 Å². The van der Waals surface area contributed by atoms with Crippen LogP contribution in [0.4, 0.5) is 11.6 Å². The summed E-state index contributed by atoms with van der Waals surface area (Å²) in [5.41, 5.74) is 7.16. The molecule has 0 saturated carbocycles. The zero-order valence-electron chi connectivity index (χ0n) is 12.1. The van der Waals surface area contributed by atoms with Gasteiger partial charge in [-0.3, -0.25) is 4.79 Å². The number of aromatic nitrogens is 3. The van der Waals surface area contributed by atoms with Crippen LogP contribution in [-0.4, -0.2) is 21.1 Å². The number of thioether (sulfide) groups is 1. The highest BCUT2D eigenvalue weighted by Crippen LogP contribution is 2.34. The Balaban J connectivity index is 1.84. The summed E-state index contributed by atoms with van der Waals surface area (Å²) in [5.74, 6) is 0.0820. The number of rotatable bonds is 5. The zero-order chi connectivity index (χ0) is 16.1. The zero-order valence-corrected chi connectivity index (χ0v) is 13.0. The Bertz CT molecular complexity index is 775. The van der Waals surface area contributed by atoms with Gasteiger partial charge in [0.05, 0.1) is 0 Å². The molecule has 4 N–H and O–H groups in total. The summed E-state index contributed by atoms with van der Waals surface area (Å²) in [6.45, 7) is 0. The van der Waals surface area contributed by atoms with Gasteiger partial charge in [0.25, 0.3) is 0 Å². The van der Waals surface area contributed by atoms with Crippen molar-refractivity contribution in [3.05, 3.63) is 66.2 Å². The summed E-state index contributed by atoms with van der Waals surface area (Å²) in [5, 5.41) is 9.43. The van der Waals surface area contributed by atoms with Crippen LogP contribution in [-0.2, 0) is 4.79 Å². The van der Waals surface area contributed by atoms with Crippen molar-refractivity contribution < 1.29 is 4.79 Å². The molecule has 1 atom stereocenters. The predicted molar refractivity (Wildman–Crippen MR) is 90.9 cm³/mol. The third-order valence-electron chi connectivity index (χ3n) is 3.09. The van der Waals surface area contributed by atoms with Crippen LogP contribution in [0.1, 0.15) is 10.8 Å². The fourth-order valence-electron chi connectivity index (χ4n) is 2.05. The van der Waals surface area contributed by atoms with Crippen LogP contribution in [0.5, 0.6) is 0 Å². The maximum absolute atomic E-state index is 12.7. The Morgan fingerprint density at radius 1 is 1.09 bits per heavy atom. The van der Waals surface area contributed by atoms with Crippen LogP contribution in [0.25, 0.3) is 0 Å². The third kappa shape index (κ3) is 3.89. The predicted octanol–water partition coefficient (Wildman–Crippen LogP) is 2.86. The molecule has 0 spiro atoms. The average Bonchev–Trinajstić information content (AvgIpc) is 2.99. The van der Waals surface area contributed by atoms with Crippen molar-refractivity contribution in [2.45, 2.75) is 10.4 Å². The van der Waals surface area contributed by atoms with Gasteiger partial charge in [0.1, 0.15) is 5.25 Å². The summed E-state index contributed by atoms with van der Waals surface area (Å²) in [6, 6.07) is 18.8. The maximum atomic E-state index is 12.7. The molecule has 0 fully saturated rings. The van der Waals surface area contributed by atoms with E-state index < -0.39 is 5.25 Å². The van der Waals surface area contributed by atoms with Gasteiger partial charge in [-0.25, -0.2) is 5.10 Å². The smallest absolute Gasteiger partial charge is 0.242 e. The van der Waals surface area contributed by atoms with Crippen molar-refractivity contribution >= 4 is 29.3 Å². The van der Waals surface area contributed by atoms with Crippen LogP contribution in [0.3, 0.4) is 0 Å². The standard InChI is InChI=1S/C16H15N5OS/c17-15-19-16(21-20-15)23-13(11-7-3-1-4-8-11)14(22)18-12-9-5-2-6-10-12/h1-10,13H,(H,18,22)(H3,17,19,20,21). The second-order valence-electron chi connectivity index (χ2n) is 4.77. The highest BCUT2D eigenvalue weighted by molar-refractivity contribution is 8.00. The van der Waals surface area contributed by atoms with Gasteiger partial charge >= 0.3 is 0 Å². The summed E-state index contributed by atoms with van der Waals surface area (Å²) in [4.78, 5) is 16.8. The van der Waals surface area contributed by atoms with Gasteiger partial charge in [0, 0.05) is 5.69 Å². The number of nitrogens with zero attached hydrogens (tertiary/aromatic N) is 2. The second kappa shape index (κ2) is 6.97. The van der Waals surface area contributed by atoms with E-state index >= 15 is 0 Å². The van der Waals surface area contributed by atoms with Gasteiger partial charge in [-0.2, -0.15) is 4.98 Å². The molecule has 0 aliphatic heterocycles. The number of benzene rings is 2. The van der Waals surface area contributed by atoms with E-state index in [0.29, 0.717) is 5.16 Å². The largest absolute Gasteiger partial charge is 0.368 e. The minimum atomic E-state index is -0.480. The minimum Gasteiger partial charge on any atom is -0.368 e. The lowest BCUT2D eigenvalue weighted by Gasteiger charge is -2.15. The lowest BCUT2D eigenvalue weighted by Crippen LogP contribution is -2.19. The Hall–Kier alpha value is -2.80. The Morgan fingerprint density at radius 3 is 2.35 bits per heavy atom. The summed E-state index contributed by atoms with van der Waals surface area (Å²) >= 11 is 1.24. The first-order chi connectivity index (χ1) is 11.2. The van der Waals surface area contributed by atoms with Gasteiger partial charge in [-0.1, -0.05) is 60.3 Å². The molecule has 6 nitrogen and oxygen atoms in total. The Morgan fingerprint density at radius 2 is 1.74 bits per heavy atom. The van der Waals surface area contributed by atoms with Crippen LogP contribution in [0.2, 0.25) is 0 Å². The van der Waals surface area contributed by atoms with E-state index in [9.17, 15) is 4.79 Å². The van der Waals surface area contributed by atoms with E-state index in [1.807, 2.05) is 60.7 Å². The number of H-pyrrole nitrogens is 1. The van der Waals surface area contributed by atoms with Crippen LogP contribution in [0.15, 0.2) is 65.8 Å². The number of nitrogen functional groups attached to an aromatic ring is 1. The SMILES string of the molecule is Nc1nc(SC(C(=O)Nc2ccccc2)c2ccccc2)n[nH]1. The number of carbonyl (C=O) groups is 1. The van der Waals surface area contributed by atoms with Gasteiger partial charge in [0.2, 0.25) is 17.0 Å². The lowest BCUT2D eigenvalue weighted by molar-refractivity contribution is -0.115. The van der Waals surface area contributed by atoms with Crippen LogP contribution in [0, 0.1) is 0 Å². The number of aromatic amines is 1. The van der Waals surface area contributed by atoms with E-state index in [2.05, 4.69) is 20.5 Å². The summed E-state index contributed by atoms with van der Waals surface area (Å²) in [7, 11) is 0. The van der Waals surface area contributed by atoms with Crippen molar-refractivity contribution in [2.75, 3.05) is 11.1 Å². The normalized spacial score (nSPS) is 11.8. The first-order valence-corrected chi connectivity index (χ1v) is 7.86. The topological polar surface area (TPSA) is 96.7 Å². The quantitative estimate of drug-likeness (QED) is 0.627. The lowest BCUT2D eigenvalue weighted by atomic mass is 10.1.